The number of nitrogens with two attached hydrogens (primary N) is 1. The molecular formula is C36H58N6O5. The molecule has 0 radical (unpaired) electrons. The summed E-state index contributed by atoms with van der Waals surface area (Å²) in [6.45, 7) is 10.8. The number of carbonyl (C=O) groups is 1. The number of likely N-dealkylation sites (N-methyl/N-ethyl adjacent to an activating group) is 2. The van der Waals surface area contributed by atoms with E-state index in [1.165, 1.54) is 11.1 Å². The summed E-state index contributed by atoms with van der Waals surface area (Å²) >= 11 is 0. The Morgan fingerprint density at radius 1 is 1.21 bits per heavy atom. The first-order chi connectivity index (χ1) is 22.5. The molecule has 0 saturated carbocycles. The van der Waals surface area contributed by atoms with Crippen molar-refractivity contribution >= 4 is 6.09 Å². The maximum absolute atomic E-state index is 14.5. The number of nitrogens with zero attached hydrogens (tertiary/aromatic N) is 2. The third-order valence-corrected chi connectivity index (χ3v) is 12.9. The van der Waals surface area contributed by atoms with Crippen LogP contribution in [-0.4, -0.2) is 110 Å². The Morgan fingerprint density at radius 3 is 2.72 bits per heavy atom. The summed E-state index contributed by atoms with van der Waals surface area (Å²) < 4.78 is 19.2. The molecule has 11 nitrogen and oxygen atoms in total. The second-order valence-corrected chi connectivity index (χ2v) is 14.9. The Labute approximate surface area is 280 Å². The topological polar surface area (TPSA) is 134 Å². The Bertz CT molecular complexity index is 1340. The van der Waals surface area contributed by atoms with Gasteiger partial charge in [0.05, 0.1) is 18.6 Å². The second-order valence-electron chi connectivity index (χ2n) is 14.9. The molecule has 6 rings (SSSR count). The maximum atomic E-state index is 14.5. The van der Waals surface area contributed by atoms with Crippen molar-refractivity contribution in [1.82, 2.24) is 25.8 Å². The van der Waals surface area contributed by atoms with E-state index in [-0.39, 0.29) is 47.1 Å². The largest absolute Gasteiger partial charge is 0.493 e. The van der Waals surface area contributed by atoms with Crippen LogP contribution in [0.25, 0.3) is 0 Å². The number of allylic oxidation sites excluding steroid dienone is 1. The van der Waals surface area contributed by atoms with E-state index in [0.717, 1.165) is 63.0 Å². The van der Waals surface area contributed by atoms with E-state index in [0.29, 0.717) is 24.9 Å². The average molecular weight is 655 g/mol. The van der Waals surface area contributed by atoms with Crippen LogP contribution in [0.4, 0.5) is 4.79 Å². The molecule has 10 atom stereocenters. The van der Waals surface area contributed by atoms with Crippen molar-refractivity contribution in [3.05, 3.63) is 35.1 Å². The van der Waals surface area contributed by atoms with Crippen LogP contribution in [0.2, 0.25) is 0 Å². The highest BCUT2D eigenvalue weighted by atomic mass is 16.6. The van der Waals surface area contributed by atoms with E-state index in [9.17, 15) is 9.90 Å². The van der Waals surface area contributed by atoms with Crippen LogP contribution in [-0.2, 0) is 16.6 Å². The molecule has 3 aliphatic heterocycles. The number of methoxy groups -OCH3 is 1. The van der Waals surface area contributed by atoms with Gasteiger partial charge in [-0.3, -0.25) is 15.1 Å². The lowest BCUT2D eigenvalue weighted by Crippen LogP contribution is -2.70. The fourth-order valence-corrected chi connectivity index (χ4v) is 9.66. The first-order valence-corrected chi connectivity index (χ1v) is 17.8. The van der Waals surface area contributed by atoms with Gasteiger partial charge in [-0.1, -0.05) is 25.8 Å². The van der Waals surface area contributed by atoms with Crippen LogP contribution >= 0.6 is 0 Å². The van der Waals surface area contributed by atoms with Crippen molar-refractivity contribution in [1.29, 1.82) is 0 Å². The highest BCUT2D eigenvalue weighted by Crippen LogP contribution is 2.67. The zero-order valence-corrected chi connectivity index (χ0v) is 29.5. The number of piperazine rings is 1. The first-order valence-electron chi connectivity index (χ1n) is 17.8. The van der Waals surface area contributed by atoms with Crippen LogP contribution < -0.4 is 31.2 Å². The first kappa shape index (κ1) is 34.5. The zero-order chi connectivity index (χ0) is 33.7. The molecule has 6 N–H and O–H groups in total. The maximum Gasteiger partial charge on any atom is 0.415 e. The predicted octanol–water partition coefficient (Wildman–Crippen LogP) is 2.84. The predicted molar refractivity (Wildman–Crippen MR) is 183 cm³/mol. The van der Waals surface area contributed by atoms with Crippen LogP contribution in [0.15, 0.2) is 24.0 Å². The highest BCUT2D eigenvalue weighted by Gasteiger charge is 2.69. The van der Waals surface area contributed by atoms with Gasteiger partial charge in [0.1, 0.15) is 12.0 Å². The smallest absolute Gasteiger partial charge is 0.415 e. The Morgan fingerprint density at radius 2 is 2.00 bits per heavy atom. The number of ether oxygens (including phenoxy) is 3. The number of hydrogen-bond acceptors (Lipinski definition) is 10. The number of amides is 1. The molecule has 1 spiro atoms. The standard InChI is InChI=1S/C36H58N6O5/c1-21-22(2)42(26(23(3)41(21)6)20-40-33(43)25(38-5)11-9-8-10-17-37)34(44)46-28-14-15-35(4)29-19-24-12-13-27(45-7)31-30(24)36(35,16-18-39-29)32(28)47-31/h12-14,21-23,25-26,29,32-33,38-40,43H,8-11,15-20,37H2,1-7H3/t21?,22?,23?,25-,26?,29+,32?,33?,35-,36-/m0/s1. The Hall–Kier alpha value is -2.41. The molecule has 1 aromatic carbocycles. The summed E-state index contributed by atoms with van der Waals surface area (Å²) in [6.07, 6.45) is 7.07. The number of aliphatic hydroxyl groups is 1. The van der Waals surface area contributed by atoms with Gasteiger partial charge in [0, 0.05) is 47.7 Å². The monoisotopic (exact) mass is 654 g/mol. The number of hydrogen-bond donors (Lipinski definition) is 5. The molecule has 2 saturated heterocycles. The fraction of sp³-hybridized carbons (Fsp3) is 0.750. The van der Waals surface area contributed by atoms with Crippen LogP contribution in [0.5, 0.6) is 11.5 Å². The number of rotatable bonds is 12. The van der Waals surface area contributed by atoms with Crippen molar-refractivity contribution in [2.24, 2.45) is 11.1 Å². The SMILES string of the molecule is CN[C@@H](CCCCCN)C(O)NCC1C(C)N(C)C(C)C(C)N1C(=O)OC1=CC[C@@]2(C)[C@H]3Cc4ccc(OC)c5c4[C@@]2(CCN3)C1O5. The van der Waals surface area contributed by atoms with Gasteiger partial charge < -0.3 is 35.7 Å². The third-order valence-electron chi connectivity index (χ3n) is 12.9. The number of carbonyl (C=O) groups excluding carboxylic acids is 1. The zero-order valence-electron chi connectivity index (χ0n) is 29.5. The van der Waals surface area contributed by atoms with Gasteiger partial charge in [-0.05, 0) is 97.8 Å². The number of nitrogens with one attached hydrogen (secondary N) is 3. The minimum Gasteiger partial charge on any atom is -0.493 e. The van der Waals surface area contributed by atoms with Crippen LogP contribution in [0.3, 0.4) is 0 Å². The quantitative estimate of drug-likeness (QED) is 0.169. The minimum atomic E-state index is -0.755. The highest BCUT2D eigenvalue weighted by molar-refractivity contribution is 5.71. The number of piperidine rings is 1. The molecule has 0 aromatic heterocycles. The van der Waals surface area contributed by atoms with Crippen LogP contribution in [0.1, 0.15) is 77.3 Å². The Balaban J connectivity index is 1.25. The van der Waals surface area contributed by atoms with Crippen molar-refractivity contribution < 1.29 is 24.1 Å². The number of benzene rings is 1. The average Bonchev–Trinajstić information content (AvgIpc) is 3.41. The van der Waals surface area contributed by atoms with E-state index in [1.54, 1.807) is 7.11 Å². The summed E-state index contributed by atoms with van der Waals surface area (Å²) in [7, 11) is 5.68. The van der Waals surface area contributed by atoms with Crippen LogP contribution in [0, 0.1) is 5.41 Å². The van der Waals surface area contributed by atoms with Gasteiger partial charge in [0.25, 0.3) is 0 Å². The fourth-order valence-electron chi connectivity index (χ4n) is 9.66. The van der Waals surface area contributed by atoms with E-state index in [1.807, 2.05) is 18.0 Å². The molecule has 5 aliphatic rings. The van der Waals surface area contributed by atoms with Gasteiger partial charge in [-0.25, -0.2) is 4.79 Å². The normalized spacial score (nSPS) is 35.4. The summed E-state index contributed by atoms with van der Waals surface area (Å²) in [6, 6.07) is 4.24. The molecule has 6 unspecified atom stereocenters. The molecule has 2 bridgehead atoms. The molecule has 2 fully saturated rings. The van der Waals surface area contributed by atoms with Crippen molar-refractivity contribution in [2.75, 3.05) is 40.8 Å². The van der Waals surface area contributed by atoms with Crippen molar-refractivity contribution in [3.63, 3.8) is 0 Å². The molecule has 11 heteroatoms. The lowest BCUT2D eigenvalue weighted by molar-refractivity contribution is -0.0549. The Kier molecular flexibility index (Phi) is 9.88. The van der Waals surface area contributed by atoms with Gasteiger partial charge in [-0.15, -0.1) is 0 Å². The summed E-state index contributed by atoms with van der Waals surface area (Å²) in [4.78, 5) is 18.7. The number of aliphatic hydroxyl groups excluding tert-OH is 1. The van der Waals surface area contributed by atoms with Gasteiger partial charge in [0.15, 0.2) is 17.6 Å². The minimum absolute atomic E-state index is 0.0376. The number of unbranched alkanes of at least 4 members (excludes halogenated alkanes) is 2. The van der Waals surface area contributed by atoms with E-state index >= 15 is 0 Å². The van der Waals surface area contributed by atoms with Gasteiger partial charge >= 0.3 is 6.09 Å². The molecule has 3 heterocycles. The molecule has 262 valence electrons. The molecular weight excluding hydrogens is 596 g/mol. The molecule has 47 heavy (non-hydrogen) atoms. The lowest BCUT2D eigenvalue weighted by atomic mass is 9.45. The lowest BCUT2D eigenvalue weighted by Gasteiger charge is -2.61. The second kappa shape index (κ2) is 13.5. The third kappa shape index (κ3) is 5.45. The molecule has 2 aliphatic carbocycles. The molecule has 1 amide bonds. The van der Waals surface area contributed by atoms with Gasteiger partial charge in [-0.2, -0.15) is 0 Å². The molecule has 1 aromatic rings. The summed E-state index contributed by atoms with van der Waals surface area (Å²) in [5, 5.41) is 21.6. The van der Waals surface area contributed by atoms with E-state index in [4.69, 9.17) is 19.9 Å². The van der Waals surface area contributed by atoms with Crippen molar-refractivity contribution in [2.45, 2.75) is 127 Å². The van der Waals surface area contributed by atoms with E-state index in [2.05, 4.69) is 67.7 Å². The summed E-state index contributed by atoms with van der Waals surface area (Å²) in [5.41, 5.74) is 7.82. The van der Waals surface area contributed by atoms with Crippen molar-refractivity contribution in [3.8, 4) is 11.5 Å². The summed E-state index contributed by atoms with van der Waals surface area (Å²) in [5.74, 6) is 2.14. The van der Waals surface area contributed by atoms with E-state index < -0.39 is 12.3 Å². The van der Waals surface area contributed by atoms with Gasteiger partial charge in [0.2, 0.25) is 0 Å².